The maximum absolute atomic E-state index is 5.51. The summed E-state index contributed by atoms with van der Waals surface area (Å²) >= 11 is 0. The van der Waals surface area contributed by atoms with E-state index >= 15 is 0 Å². The highest BCUT2D eigenvalue weighted by Crippen LogP contribution is 2.23. The molecule has 1 aromatic heterocycles. The van der Waals surface area contributed by atoms with Crippen LogP contribution in [0.2, 0.25) is 0 Å². The van der Waals surface area contributed by atoms with Gasteiger partial charge in [0.25, 0.3) is 0 Å². The number of nitrogens with one attached hydrogen (secondary N) is 1. The van der Waals surface area contributed by atoms with E-state index in [9.17, 15) is 0 Å². The van der Waals surface area contributed by atoms with Crippen LogP contribution in [-0.4, -0.2) is 25.0 Å². The van der Waals surface area contributed by atoms with Crippen molar-refractivity contribution in [3.63, 3.8) is 0 Å². The van der Waals surface area contributed by atoms with Crippen LogP contribution in [0.4, 0.5) is 0 Å². The van der Waals surface area contributed by atoms with E-state index in [-0.39, 0.29) is 0 Å². The second-order valence-electron chi connectivity index (χ2n) is 5.54. The minimum atomic E-state index is 0.818. The van der Waals surface area contributed by atoms with Gasteiger partial charge in [-0.05, 0) is 31.4 Å². The Morgan fingerprint density at radius 2 is 2.06 bits per heavy atom. The average molecular weight is 236 g/mol. The summed E-state index contributed by atoms with van der Waals surface area (Å²) in [5.41, 5.74) is 1.33. The van der Waals surface area contributed by atoms with E-state index in [4.69, 9.17) is 4.42 Å². The zero-order valence-corrected chi connectivity index (χ0v) is 11.2. The molecular weight excluding hydrogens is 212 g/mol. The molecule has 3 heteroatoms. The average Bonchev–Trinajstić information content (AvgIpc) is 2.65. The second kappa shape index (κ2) is 5.69. The molecule has 1 aliphatic rings. The third kappa shape index (κ3) is 3.33. The van der Waals surface area contributed by atoms with E-state index < -0.39 is 0 Å². The topological polar surface area (TPSA) is 28.4 Å². The zero-order chi connectivity index (χ0) is 12.3. The van der Waals surface area contributed by atoms with Crippen LogP contribution >= 0.6 is 0 Å². The van der Waals surface area contributed by atoms with E-state index in [0.717, 1.165) is 30.7 Å². The second-order valence-corrected chi connectivity index (χ2v) is 5.54. The predicted octanol–water partition coefficient (Wildman–Crippen LogP) is 2.48. The Balaban J connectivity index is 1.97. The maximum Gasteiger partial charge on any atom is 0.122 e. The summed E-state index contributed by atoms with van der Waals surface area (Å²) in [5.74, 6) is 2.72. The molecule has 1 saturated heterocycles. The summed E-state index contributed by atoms with van der Waals surface area (Å²) in [6.07, 6.45) is 3.17. The fourth-order valence-electron chi connectivity index (χ4n) is 2.99. The molecule has 0 amide bonds. The molecule has 0 saturated carbocycles. The van der Waals surface area contributed by atoms with Crippen molar-refractivity contribution in [1.29, 1.82) is 0 Å². The van der Waals surface area contributed by atoms with E-state index in [0.29, 0.717) is 0 Å². The molecular formula is C14H24N2O. The molecule has 96 valence electrons. The molecule has 0 bridgehead atoms. The molecule has 17 heavy (non-hydrogen) atoms. The summed E-state index contributed by atoms with van der Waals surface area (Å²) in [7, 11) is 1.96. The minimum Gasteiger partial charge on any atom is -0.468 e. The van der Waals surface area contributed by atoms with Gasteiger partial charge in [-0.3, -0.25) is 4.90 Å². The molecule has 2 unspecified atom stereocenters. The number of hydrogen-bond acceptors (Lipinski definition) is 3. The Morgan fingerprint density at radius 3 is 2.71 bits per heavy atom. The highest BCUT2D eigenvalue weighted by atomic mass is 16.3. The number of nitrogens with zero attached hydrogens (tertiary/aromatic N) is 1. The Labute approximate surface area is 104 Å². The van der Waals surface area contributed by atoms with Gasteiger partial charge in [0.05, 0.1) is 12.8 Å². The summed E-state index contributed by atoms with van der Waals surface area (Å²) < 4.78 is 5.51. The molecule has 2 heterocycles. The first kappa shape index (κ1) is 12.7. The van der Waals surface area contributed by atoms with Gasteiger partial charge >= 0.3 is 0 Å². The van der Waals surface area contributed by atoms with Crippen molar-refractivity contribution >= 4 is 0 Å². The summed E-state index contributed by atoms with van der Waals surface area (Å²) in [4.78, 5) is 2.56. The van der Waals surface area contributed by atoms with Crippen molar-refractivity contribution < 1.29 is 4.42 Å². The van der Waals surface area contributed by atoms with Gasteiger partial charge < -0.3 is 9.73 Å². The van der Waals surface area contributed by atoms with E-state index in [1.165, 1.54) is 25.1 Å². The van der Waals surface area contributed by atoms with Crippen LogP contribution < -0.4 is 5.32 Å². The third-order valence-electron chi connectivity index (χ3n) is 3.51. The van der Waals surface area contributed by atoms with Crippen LogP contribution in [0.5, 0.6) is 0 Å². The lowest BCUT2D eigenvalue weighted by molar-refractivity contribution is 0.133. The van der Waals surface area contributed by atoms with Gasteiger partial charge in [-0.2, -0.15) is 0 Å². The molecule has 1 fully saturated rings. The summed E-state index contributed by atoms with van der Waals surface area (Å²) in [6.45, 7) is 8.99. The van der Waals surface area contributed by atoms with Crippen LogP contribution in [0.25, 0.3) is 0 Å². The van der Waals surface area contributed by atoms with Crippen molar-refractivity contribution in [2.75, 3.05) is 20.1 Å². The molecule has 1 aliphatic heterocycles. The van der Waals surface area contributed by atoms with Crippen LogP contribution in [0, 0.1) is 11.8 Å². The third-order valence-corrected chi connectivity index (χ3v) is 3.51. The fourth-order valence-corrected chi connectivity index (χ4v) is 2.99. The molecule has 2 rings (SSSR count). The highest BCUT2D eigenvalue weighted by Gasteiger charge is 2.22. The molecule has 2 atom stereocenters. The predicted molar refractivity (Wildman–Crippen MR) is 69.7 cm³/mol. The van der Waals surface area contributed by atoms with Crippen molar-refractivity contribution in [2.24, 2.45) is 11.8 Å². The smallest absolute Gasteiger partial charge is 0.122 e. The molecule has 1 N–H and O–H groups in total. The van der Waals surface area contributed by atoms with E-state index in [1.807, 2.05) is 7.05 Å². The van der Waals surface area contributed by atoms with Gasteiger partial charge in [-0.25, -0.2) is 0 Å². The molecule has 0 spiro atoms. The van der Waals surface area contributed by atoms with Crippen LogP contribution in [-0.2, 0) is 13.1 Å². The lowest BCUT2D eigenvalue weighted by Crippen LogP contribution is -2.38. The monoisotopic (exact) mass is 236 g/mol. The molecule has 3 nitrogen and oxygen atoms in total. The van der Waals surface area contributed by atoms with Gasteiger partial charge in [0, 0.05) is 25.2 Å². The molecule has 0 aromatic carbocycles. The Bertz CT molecular complexity index is 338. The van der Waals surface area contributed by atoms with Gasteiger partial charge in [-0.15, -0.1) is 0 Å². The normalized spacial score (nSPS) is 26.3. The number of piperidine rings is 1. The SMILES string of the molecule is CNCc1occc1CN1CC(C)CC(C)C1. The number of likely N-dealkylation sites (tertiary alicyclic amines) is 1. The van der Waals surface area contributed by atoms with Crippen molar-refractivity contribution in [2.45, 2.75) is 33.4 Å². The Kier molecular flexibility index (Phi) is 4.24. The zero-order valence-electron chi connectivity index (χ0n) is 11.2. The Morgan fingerprint density at radius 1 is 1.35 bits per heavy atom. The maximum atomic E-state index is 5.51. The number of furan rings is 1. The van der Waals surface area contributed by atoms with Crippen molar-refractivity contribution in [3.8, 4) is 0 Å². The standard InChI is InChI=1S/C14H24N2O/c1-11-6-12(2)9-16(8-11)10-13-4-5-17-14(13)7-15-3/h4-5,11-12,15H,6-10H2,1-3H3. The van der Waals surface area contributed by atoms with Gasteiger partial charge in [-0.1, -0.05) is 13.8 Å². The fraction of sp³-hybridized carbons (Fsp3) is 0.714. The molecule has 0 radical (unpaired) electrons. The first-order valence-electron chi connectivity index (χ1n) is 6.61. The van der Waals surface area contributed by atoms with Crippen LogP contribution in [0.3, 0.4) is 0 Å². The quantitative estimate of drug-likeness (QED) is 0.870. The van der Waals surface area contributed by atoms with Gasteiger partial charge in [0.1, 0.15) is 5.76 Å². The van der Waals surface area contributed by atoms with Crippen LogP contribution in [0.15, 0.2) is 16.7 Å². The molecule has 0 aliphatic carbocycles. The first-order chi connectivity index (χ1) is 8.19. The van der Waals surface area contributed by atoms with E-state index in [2.05, 4.69) is 30.1 Å². The minimum absolute atomic E-state index is 0.818. The van der Waals surface area contributed by atoms with E-state index in [1.54, 1.807) is 6.26 Å². The van der Waals surface area contributed by atoms with Gasteiger partial charge in [0.2, 0.25) is 0 Å². The first-order valence-corrected chi connectivity index (χ1v) is 6.61. The summed E-state index contributed by atoms with van der Waals surface area (Å²) in [6, 6.07) is 2.11. The lowest BCUT2D eigenvalue weighted by atomic mass is 9.91. The highest BCUT2D eigenvalue weighted by molar-refractivity contribution is 5.17. The molecule has 1 aromatic rings. The largest absolute Gasteiger partial charge is 0.468 e. The van der Waals surface area contributed by atoms with Crippen LogP contribution in [0.1, 0.15) is 31.6 Å². The number of rotatable bonds is 4. The Hall–Kier alpha value is -0.800. The summed E-state index contributed by atoms with van der Waals surface area (Å²) in [5, 5.41) is 3.15. The lowest BCUT2D eigenvalue weighted by Gasteiger charge is -2.34. The van der Waals surface area contributed by atoms with Crippen molar-refractivity contribution in [3.05, 3.63) is 23.7 Å². The van der Waals surface area contributed by atoms with Gasteiger partial charge in [0.15, 0.2) is 0 Å². The number of hydrogen-bond donors (Lipinski definition) is 1. The van der Waals surface area contributed by atoms with Crippen molar-refractivity contribution in [1.82, 2.24) is 10.2 Å².